The van der Waals surface area contributed by atoms with Crippen molar-refractivity contribution in [2.45, 2.75) is 25.0 Å². The Morgan fingerprint density at radius 1 is 1.17 bits per heavy atom. The third kappa shape index (κ3) is 3.37. The molecule has 1 saturated heterocycles. The lowest BCUT2D eigenvalue weighted by Crippen LogP contribution is -2.42. The number of pyridine rings is 1. The van der Waals surface area contributed by atoms with E-state index in [0.29, 0.717) is 43.1 Å². The van der Waals surface area contributed by atoms with Gasteiger partial charge in [-0.05, 0) is 31.0 Å². The topological polar surface area (TPSA) is 36.4 Å². The fourth-order valence-electron chi connectivity index (χ4n) is 2.99. The van der Waals surface area contributed by atoms with E-state index in [1.165, 1.54) is 12.3 Å². The molecule has 0 spiro atoms. The number of benzene rings is 1. The van der Waals surface area contributed by atoms with Gasteiger partial charge < -0.3 is 5.11 Å². The van der Waals surface area contributed by atoms with E-state index in [4.69, 9.17) is 11.6 Å². The van der Waals surface area contributed by atoms with Crippen LogP contribution < -0.4 is 0 Å². The van der Waals surface area contributed by atoms with Crippen molar-refractivity contribution in [3.8, 4) is 0 Å². The SMILES string of the molecule is OC1(c2cccnc2F)CCN(Cc2c(F)cccc2Cl)CC1. The molecule has 0 aliphatic carbocycles. The zero-order valence-electron chi connectivity index (χ0n) is 12.5. The molecule has 0 atom stereocenters. The number of rotatable bonds is 3. The molecule has 23 heavy (non-hydrogen) atoms. The lowest BCUT2D eigenvalue weighted by molar-refractivity contribution is -0.0309. The van der Waals surface area contributed by atoms with Crippen LogP contribution in [0.15, 0.2) is 36.5 Å². The van der Waals surface area contributed by atoms with Crippen molar-refractivity contribution < 1.29 is 13.9 Å². The largest absolute Gasteiger partial charge is 0.385 e. The van der Waals surface area contributed by atoms with Crippen LogP contribution in [0.5, 0.6) is 0 Å². The first-order valence-corrected chi connectivity index (χ1v) is 7.86. The summed E-state index contributed by atoms with van der Waals surface area (Å²) >= 11 is 6.05. The molecule has 3 nitrogen and oxygen atoms in total. The van der Waals surface area contributed by atoms with Gasteiger partial charge in [0, 0.05) is 42.0 Å². The van der Waals surface area contributed by atoms with Crippen LogP contribution in [0.3, 0.4) is 0 Å². The second-order valence-corrected chi connectivity index (χ2v) is 6.26. The molecule has 2 aromatic rings. The fraction of sp³-hybridized carbons (Fsp3) is 0.353. The van der Waals surface area contributed by atoms with Gasteiger partial charge in [0.2, 0.25) is 5.95 Å². The van der Waals surface area contributed by atoms with Crippen LogP contribution in [0.2, 0.25) is 5.02 Å². The average molecular weight is 339 g/mol. The first-order valence-electron chi connectivity index (χ1n) is 7.48. The van der Waals surface area contributed by atoms with Gasteiger partial charge in [0.05, 0.1) is 5.60 Å². The van der Waals surface area contributed by atoms with Crippen LogP contribution in [0, 0.1) is 11.8 Å². The Bertz CT molecular complexity index is 682. The molecular weight excluding hydrogens is 322 g/mol. The maximum absolute atomic E-state index is 13.9. The Balaban J connectivity index is 1.70. The van der Waals surface area contributed by atoms with Crippen LogP contribution in [-0.4, -0.2) is 28.1 Å². The van der Waals surface area contributed by atoms with E-state index >= 15 is 0 Å². The maximum Gasteiger partial charge on any atom is 0.218 e. The van der Waals surface area contributed by atoms with E-state index < -0.39 is 11.5 Å². The molecular formula is C17H17ClF2N2O. The first-order chi connectivity index (χ1) is 11.0. The number of hydrogen-bond donors (Lipinski definition) is 1. The lowest BCUT2D eigenvalue weighted by atomic mass is 9.85. The second-order valence-electron chi connectivity index (χ2n) is 5.85. The van der Waals surface area contributed by atoms with Crippen LogP contribution >= 0.6 is 11.6 Å². The minimum Gasteiger partial charge on any atom is -0.385 e. The highest BCUT2D eigenvalue weighted by atomic mass is 35.5. The smallest absolute Gasteiger partial charge is 0.218 e. The summed E-state index contributed by atoms with van der Waals surface area (Å²) < 4.78 is 27.7. The zero-order valence-corrected chi connectivity index (χ0v) is 13.2. The molecule has 0 bridgehead atoms. The van der Waals surface area contributed by atoms with E-state index in [-0.39, 0.29) is 11.4 Å². The molecule has 0 unspecified atom stereocenters. The Morgan fingerprint density at radius 3 is 2.57 bits per heavy atom. The molecule has 6 heteroatoms. The van der Waals surface area contributed by atoms with Crippen molar-refractivity contribution in [3.63, 3.8) is 0 Å². The van der Waals surface area contributed by atoms with Crippen LogP contribution in [0.4, 0.5) is 8.78 Å². The highest BCUT2D eigenvalue weighted by Gasteiger charge is 2.36. The van der Waals surface area contributed by atoms with Gasteiger partial charge in [-0.25, -0.2) is 9.37 Å². The van der Waals surface area contributed by atoms with Crippen LogP contribution in [0.1, 0.15) is 24.0 Å². The Morgan fingerprint density at radius 2 is 1.91 bits per heavy atom. The standard InChI is InChI=1S/C17H17ClF2N2O/c18-14-4-1-5-15(19)12(14)11-22-9-6-17(23,7-10-22)13-3-2-8-21-16(13)20/h1-5,8,23H,6-7,9-11H2. The molecule has 1 aliphatic heterocycles. The third-order valence-electron chi connectivity index (χ3n) is 4.39. The quantitative estimate of drug-likeness (QED) is 0.870. The van der Waals surface area contributed by atoms with Crippen molar-refractivity contribution in [2.75, 3.05) is 13.1 Å². The van der Waals surface area contributed by atoms with E-state index in [0.717, 1.165) is 0 Å². The number of hydrogen-bond acceptors (Lipinski definition) is 3. The summed E-state index contributed by atoms with van der Waals surface area (Å²) in [6, 6.07) is 7.78. The Hall–Kier alpha value is -1.56. The van der Waals surface area contributed by atoms with Crippen molar-refractivity contribution in [1.29, 1.82) is 0 Å². The molecule has 0 saturated carbocycles. The average Bonchev–Trinajstić information content (AvgIpc) is 2.53. The van der Waals surface area contributed by atoms with Crippen molar-refractivity contribution in [2.24, 2.45) is 0 Å². The summed E-state index contributed by atoms with van der Waals surface area (Å²) in [7, 11) is 0. The molecule has 0 radical (unpaired) electrons. The molecule has 3 rings (SSSR count). The van der Waals surface area contributed by atoms with Gasteiger partial charge in [-0.2, -0.15) is 4.39 Å². The number of aliphatic hydroxyl groups is 1. The fourth-order valence-corrected chi connectivity index (χ4v) is 3.21. The molecule has 1 N–H and O–H groups in total. The summed E-state index contributed by atoms with van der Waals surface area (Å²) in [6.45, 7) is 1.42. The summed E-state index contributed by atoms with van der Waals surface area (Å²) in [6.07, 6.45) is 2.08. The van der Waals surface area contributed by atoms with E-state index in [2.05, 4.69) is 4.98 Å². The van der Waals surface area contributed by atoms with Gasteiger partial charge in [0.15, 0.2) is 0 Å². The van der Waals surface area contributed by atoms with Crippen molar-refractivity contribution in [3.05, 3.63) is 64.4 Å². The first kappa shape index (κ1) is 16.3. The van der Waals surface area contributed by atoms with Crippen molar-refractivity contribution in [1.82, 2.24) is 9.88 Å². The molecule has 1 fully saturated rings. The van der Waals surface area contributed by atoms with Gasteiger partial charge in [-0.3, -0.25) is 4.90 Å². The molecule has 1 aromatic heterocycles. The summed E-state index contributed by atoms with van der Waals surface area (Å²) in [5.41, 5.74) is -0.552. The Kier molecular flexibility index (Phi) is 4.62. The predicted molar refractivity (Wildman–Crippen MR) is 84.0 cm³/mol. The number of aromatic nitrogens is 1. The minimum atomic E-state index is -1.23. The Labute approximate surface area is 138 Å². The number of piperidine rings is 1. The minimum absolute atomic E-state index is 0.226. The number of halogens is 3. The van der Waals surface area contributed by atoms with E-state index in [9.17, 15) is 13.9 Å². The molecule has 1 aromatic carbocycles. The number of likely N-dealkylation sites (tertiary alicyclic amines) is 1. The van der Waals surface area contributed by atoms with Crippen LogP contribution in [0.25, 0.3) is 0 Å². The number of nitrogens with zero attached hydrogens (tertiary/aromatic N) is 2. The van der Waals surface area contributed by atoms with Crippen LogP contribution in [-0.2, 0) is 12.1 Å². The van der Waals surface area contributed by atoms with E-state index in [1.807, 2.05) is 4.90 Å². The highest BCUT2D eigenvalue weighted by molar-refractivity contribution is 6.31. The van der Waals surface area contributed by atoms with E-state index in [1.54, 1.807) is 24.3 Å². The van der Waals surface area contributed by atoms with Gasteiger partial charge >= 0.3 is 0 Å². The molecule has 2 heterocycles. The van der Waals surface area contributed by atoms with Gasteiger partial charge in [0.1, 0.15) is 5.82 Å². The third-order valence-corrected chi connectivity index (χ3v) is 4.74. The molecule has 1 aliphatic rings. The summed E-state index contributed by atoms with van der Waals surface area (Å²) in [4.78, 5) is 5.61. The second kappa shape index (κ2) is 6.51. The molecule has 122 valence electrons. The van der Waals surface area contributed by atoms with Gasteiger partial charge in [-0.15, -0.1) is 0 Å². The normalized spacial score (nSPS) is 18.1. The maximum atomic E-state index is 13.9. The zero-order chi connectivity index (χ0) is 16.4. The van der Waals surface area contributed by atoms with Gasteiger partial charge in [0.25, 0.3) is 0 Å². The summed E-state index contributed by atoms with van der Waals surface area (Å²) in [5.74, 6) is -0.975. The lowest BCUT2D eigenvalue weighted by Gasteiger charge is -2.38. The summed E-state index contributed by atoms with van der Waals surface area (Å²) in [5, 5.41) is 11.1. The monoisotopic (exact) mass is 338 g/mol. The van der Waals surface area contributed by atoms with Gasteiger partial charge in [-0.1, -0.05) is 23.7 Å². The molecule has 0 amide bonds. The predicted octanol–water partition coefficient (Wildman–Crippen LogP) is 3.50. The van der Waals surface area contributed by atoms with Crippen molar-refractivity contribution >= 4 is 11.6 Å². The highest BCUT2D eigenvalue weighted by Crippen LogP contribution is 2.34.